The van der Waals surface area contributed by atoms with Gasteiger partial charge in [-0.05, 0) is 28.4 Å². The first kappa shape index (κ1) is 16.0. The van der Waals surface area contributed by atoms with Crippen LogP contribution in [0.25, 0.3) is 0 Å². The van der Waals surface area contributed by atoms with Gasteiger partial charge >= 0.3 is 0 Å². The Kier molecular flexibility index (Phi) is 6.19. The molecule has 9 heteroatoms. The third kappa shape index (κ3) is 4.93. The van der Waals surface area contributed by atoms with E-state index in [0.717, 1.165) is 0 Å². The van der Waals surface area contributed by atoms with E-state index in [9.17, 15) is 12.6 Å². The number of aromatic nitrogens is 1. The minimum atomic E-state index is -3.68. The summed E-state index contributed by atoms with van der Waals surface area (Å²) in [5, 5.41) is -0.0789. The second kappa shape index (κ2) is 6.95. The molecule has 1 aromatic rings. The summed E-state index contributed by atoms with van der Waals surface area (Å²) in [4.78, 5) is 3.68. The monoisotopic (exact) mass is 374 g/mol. The van der Waals surface area contributed by atoms with E-state index in [-0.39, 0.29) is 16.6 Å². The van der Waals surface area contributed by atoms with Gasteiger partial charge < -0.3 is 0 Å². The molecule has 1 N–H and O–H groups in total. The van der Waals surface area contributed by atoms with Crippen molar-refractivity contribution in [1.29, 1.82) is 0 Å². The molecule has 0 saturated carbocycles. The van der Waals surface area contributed by atoms with Crippen molar-refractivity contribution in [3.05, 3.63) is 21.9 Å². The van der Waals surface area contributed by atoms with E-state index in [4.69, 9.17) is 11.6 Å². The van der Waals surface area contributed by atoms with Gasteiger partial charge in [-0.15, -0.1) is 0 Å². The minimum Gasteiger partial charge on any atom is -0.260 e. The van der Waals surface area contributed by atoms with Crippen molar-refractivity contribution in [3.8, 4) is 0 Å². The largest absolute Gasteiger partial charge is 0.260 e. The number of rotatable bonds is 6. The zero-order chi connectivity index (χ0) is 13.8. The zero-order valence-corrected chi connectivity index (χ0v) is 13.5. The highest BCUT2D eigenvalue weighted by atomic mass is 79.9. The predicted octanol–water partition coefficient (Wildman–Crippen LogP) is 1.54. The van der Waals surface area contributed by atoms with Crippen molar-refractivity contribution in [2.75, 3.05) is 18.6 Å². The van der Waals surface area contributed by atoms with Crippen molar-refractivity contribution in [2.24, 2.45) is 0 Å². The Hall–Kier alpha value is -0.0200. The van der Waals surface area contributed by atoms with E-state index in [1.54, 1.807) is 6.26 Å². The molecular formula is C9H12BrClN2O3S2. The van der Waals surface area contributed by atoms with Crippen molar-refractivity contribution in [2.45, 2.75) is 11.3 Å². The summed E-state index contributed by atoms with van der Waals surface area (Å²) in [6.07, 6.45) is 3.49. The first-order valence-corrected chi connectivity index (χ1v) is 9.32. The van der Waals surface area contributed by atoms with Gasteiger partial charge in [0.2, 0.25) is 10.0 Å². The summed E-state index contributed by atoms with van der Waals surface area (Å²) in [5.74, 6) is 0.451. The fraction of sp³-hybridized carbons (Fsp3) is 0.444. The summed E-state index contributed by atoms with van der Waals surface area (Å²) < 4.78 is 37.6. The summed E-state index contributed by atoms with van der Waals surface area (Å²) in [6.45, 7) is 0.213. The van der Waals surface area contributed by atoms with Crippen LogP contribution < -0.4 is 4.72 Å². The maximum Gasteiger partial charge on any atom is 0.243 e. The van der Waals surface area contributed by atoms with Gasteiger partial charge in [0, 0.05) is 40.0 Å². The van der Waals surface area contributed by atoms with E-state index < -0.39 is 20.8 Å². The van der Waals surface area contributed by atoms with Crippen LogP contribution in [0.3, 0.4) is 0 Å². The molecule has 0 bridgehead atoms. The second-order valence-corrected chi connectivity index (χ2v) is 8.03. The van der Waals surface area contributed by atoms with Crippen LogP contribution >= 0.6 is 27.5 Å². The van der Waals surface area contributed by atoms with E-state index in [1.165, 1.54) is 12.3 Å². The number of nitrogens with zero attached hydrogens (tertiary/aromatic N) is 1. The molecule has 0 aliphatic rings. The number of hydrogen-bond donors (Lipinski definition) is 1. The van der Waals surface area contributed by atoms with Crippen LogP contribution in [-0.2, 0) is 20.8 Å². The lowest BCUT2D eigenvalue weighted by Crippen LogP contribution is -2.26. The molecule has 1 rings (SSSR count). The molecule has 0 amide bonds. The van der Waals surface area contributed by atoms with Crippen LogP contribution in [-0.4, -0.2) is 36.2 Å². The van der Waals surface area contributed by atoms with E-state index in [0.29, 0.717) is 16.6 Å². The molecule has 102 valence electrons. The van der Waals surface area contributed by atoms with Gasteiger partial charge in [-0.2, -0.15) is 0 Å². The van der Waals surface area contributed by atoms with Crippen LogP contribution in [0.2, 0.25) is 5.15 Å². The molecule has 0 aliphatic carbocycles. The highest BCUT2D eigenvalue weighted by molar-refractivity contribution is 9.10. The van der Waals surface area contributed by atoms with E-state index in [1.807, 2.05) is 0 Å². The summed E-state index contributed by atoms with van der Waals surface area (Å²) in [6, 6.07) is 1.38. The van der Waals surface area contributed by atoms with Crippen LogP contribution in [0.1, 0.15) is 6.42 Å². The maximum absolute atomic E-state index is 11.9. The van der Waals surface area contributed by atoms with Crippen LogP contribution in [0.5, 0.6) is 0 Å². The Morgan fingerprint density at radius 2 is 2.22 bits per heavy atom. The summed E-state index contributed by atoms with van der Waals surface area (Å²) in [5.41, 5.74) is 0. The normalized spacial score (nSPS) is 13.5. The second-order valence-electron chi connectivity index (χ2n) is 3.47. The molecule has 0 radical (unpaired) electrons. The molecule has 1 aromatic heterocycles. The molecule has 5 nitrogen and oxygen atoms in total. The molecule has 1 heterocycles. The van der Waals surface area contributed by atoms with Crippen molar-refractivity contribution < 1.29 is 12.6 Å². The molecule has 0 spiro atoms. The van der Waals surface area contributed by atoms with Crippen molar-refractivity contribution in [3.63, 3.8) is 0 Å². The average Bonchev–Trinajstić information content (AvgIpc) is 2.27. The van der Waals surface area contributed by atoms with Crippen molar-refractivity contribution in [1.82, 2.24) is 9.71 Å². The number of hydrogen-bond acceptors (Lipinski definition) is 4. The number of sulfonamides is 1. The van der Waals surface area contributed by atoms with Gasteiger partial charge in [0.1, 0.15) is 10.0 Å². The molecule has 0 fully saturated rings. The Labute approximate surface area is 122 Å². The summed E-state index contributed by atoms with van der Waals surface area (Å²) in [7, 11) is -4.61. The Balaban J connectivity index is 2.74. The van der Waals surface area contributed by atoms with Gasteiger partial charge in [-0.1, -0.05) is 11.6 Å². The molecule has 18 heavy (non-hydrogen) atoms. The van der Waals surface area contributed by atoms with E-state index in [2.05, 4.69) is 25.6 Å². The van der Waals surface area contributed by atoms with Gasteiger partial charge in [-0.3, -0.25) is 4.21 Å². The van der Waals surface area contributed by atoms with Crippen LogP contribution in [0.15, 0.2) is 21.6 Å². The first-order chi connectivity index (χ1) is 8.33. The Morgan fingerprint density at radius 1 is 1.56 bits per heavy atom. The van der Waals surface area contributed by atoms with Crippen molar-refractivity contribution >= 4 is 48.4 Å². The Bertz CT molecular complexity index is 551. The first-order valence-electron chi connectivity index (χ1n) is 4.93. The van der Waals surface area contributed by atoms with Crippen LogP contribution in [0, 0.1) is 0 Å². The van der Waals surface area contributed by atoms with Gasteiger partial charge in [0.25, 0.3) is 0 Å². The van der Waals surface area contributed by atoms with Gasteiger partial charge in [-0.25, -0.2) is 18.1 Å². The third-order valence-corrected chi connectivity index (χ3v) is 5.15. The fourth-order valence-corrected chi connectivity index (χ4v) is 3.72. The number of pyridine rings is 1. The lowest BCUT2D eigenvalue weighted by Gasteiger charge is -2.07. The molecule has 0 aromatic carbocycles. The highest BCUT2D eigenvalue weighted by Gasteiger charge is 2.18. The molecule has 1 atom stereocenters. The topological polar surface area (TPSA) is 76.1 Å². The van der Waals surface area contributed by atoms with E-state index >= 15 is 0 Å². The number of nitrogens with one attached hydrogen (secondary N) is 1. The standard InChI is InChI=1S/C9H12BrClN2O3S2/c1-17(14)4-2-3-13-18(15,16)8-5-7(10)6-12-9(8)11/h5-6,13H,2-4H2,1H3. The average molecular weight is 376 g/mol. The zero-order valence-electron chi connectivity index (χ0n) is 9.52. The molecule has 0 saturated heterocycles. The summed E-state index contributed by atoms with van der Waals surface area (Å²) >= 11 is 8.88. The fourth-order valence-electron chi connectivity index (χ4n) is 1.15. The Morgan fingerprint density at radius 3 is 2.83 bits per heavy atom. The molecule has 1 unspecified atom stereocenters. The number of halogens is 2. The SMILES string of the molecule is CS(=O)CCCNS(=O)(=O)c1cc(Br)cnc1Cl. The minimum absolute atomic E-state index is 0.0730. The smallest absolute Gasteiger partial charge is 0.243 e. The van der Waals surface area contributed by atoms with Crippen LogP contribution in [0.4, 0.5) is 0 Å². The lowest BCUT2D eigenvalue weighted by atomic mass is 10.5. The predicted molar refractivity (Wildman–Crippen MR) is 75.7 cm³/mol. The maximum atomic E-state index is 11.9. The molecule has 0 aliphatic heterocycles. The molecular weight excluding hydrogens is 364 g/mol. The van der Waals surface area contributed by atoms with Gasteiger partial charge in [0.15, 0.2) is 0 Å². The highest BCUT2D eigenvalue weighted by Crippen LogP contribution is 2.22. The van der Waals surface area contributed by atoms with Gasteiger partial charge in [0.05, 0.1) is 0 Å². The lowest BCUT2D eigenvalue weighted by molar-refractivity contribution is 0.580. The quantitative estimate of drug-likeness (QED) is 0.604. The third-order valence-electron chi connectivity index (χ3n) is 1.96.